The Morgan fingerprint density at radius 1 is 1.13 bits per heavy atom. The number of nitrogens with zero attached hydrogens (tertiary/aromatic N) is 4. The van der Waals surface area contributed by atoms with Crippen LogP contribution in [0.5, 0.6) is 5.75 Å². The number of pyridine rings is 1. The molecular weight excluding hydrogens is 392 g/mol. The number of carbonyl (C=O) groups is 1. The molecule has 2 atom stereocenters. The number of ether oxygens (including phenoxy) is 1. The summed E-state index contributed by atoms with van der Waals surface area (Å²) >= 11 is 0. The van der Waals surface area contributed by atoms with E-state index in [0.717, 1.165) is 42.1 Å². The molecule has 0 unspecified atom stereocenters. The minimum absolute atomic E-state index is 0.0409. The van der Waals surface area contributed by atoms with Crippen molar-refractivity contribution in [1.29, 1.82) is 0 Å². The zero-order valence-electron chi connectivity index (χ0n) is 17.6. The molecule has 7 nitrogen and oxygen atoms in total. The molecule has 2 aromatic heterocycles. The summed E-state index contributed by atoms with van der Waals surface area (Å²) < 4.78 is 9.70. The van der Waals surface area contributed by atoms with Crippen molar-refractivity contribution in [1.82, 2.24) is 19.0 Å². The van der Waals surface area contributed by atoms with Crippen molar-refractivity contribution in [2.24, 2.45) is 5.92 Å². The molecule has 0 spiro atoms. The third-order valence-corrected chi connectivity index (χ3v) is 6.37. The van der Waals surface area contributed by atoms with E-state index in [4.69, 9.17) is 4.74 Å². The molecule has 0 radical (unpaired) electrons. The highest BCUT2D eigenvalue weighted by atomic mass is 16.5. The third-order valence-electron chi connectivity index (χ3n) is 6.37. The van der Waals surface area contributed by atoms with Gasteiger partial charge >= 0.3 is 0 Å². The first kappa shape index (κ1) is 19.6. The number of hydrogen-bond acceptors (Lipinski definition) is 4. The van der Waals surface area contributed by atoms with Crippen molar-refractivity contribution in [3.8, 4) is 16.9 Å². The van der Waals surface area contributed by atoms with E-state index in [1.807, 2.05) is 44.5 Å². The van der Waals surface area contributed by atoms with Crippen LogP contribution in [-0.2, 0) is 17.9 Å². The lowest BCUT2D eigenvalue weighted by Gasteiger charge is -2.42. The van der Waals surface area contributed by atoms with Gasteiger partial charge < -0.3 is 18.8 Å². The fourth-order valence-electron chi connectivity index (χ4n) is 4.81. The number of rotatable bonds is 5. The minimum atomic E-state index is 0.0409. The van der Waals surface area contributed by atoms with Gasteiger partial charge in [-0.3, -0.25) is 9.59 Å². The van der Waals surface area contributed by atoms with Crippen molar-refractivity contribution in [3.05, 3.63) is 71.2 Å². The molecule has 0 saturated carbocycles. The van der Waals surface area contributed by atoms with Crippen LogP contribution in [0.25, 0.3) is 11.1 Å². The number of fused-ring (bicyclic) bond motifs is 4. The van der Waals surface area contributed by atoms with Crippen LogP contribution in [0.4, 0.5) is 0 Å². The van der Waals surface area contributed by atoms with Gasteiger partial charge in [-0.25, -0.2) is 4.98 Å². The Morgan fingerprint density at radius 3 is 2.71 bits per heavy atom. The average molecular weight is 418 g/mol. The van der Waals surface area contributed by atoms with Gasteiger partial charge in [0.2, 0.25) is 5.91 Å². The molecule has 160 valence electrons. The van der Waals surface area contributed by atoms with E-state index in [2.05, 4.69) is 11.1 Å². The van der Waals surface area contributed by atoms with Crippen molar-refractivity contribution in [2.75, 3.05) is 19.7 Å². The van der Waals surface area contributed by atoms with E-state index in [-0.39, 0.29) is 17.4 Å². The van der Waals surface area contributed by atoms with Crippen molar-refractivity contribution in [2.45, 2.75) is 32.4 Å². The maximum atomic E-state index is 12.9. The minimum Gasteiger partial charge on any atom is -0.492 e. The first-order chi connectivity index (χ1) is 15.1. The average Bonchev–Trinajstić information content (AvgIpc) is 3.28. The first-order valence-electron chi connectivity index (χ1n) is 10.8. The Bertz CT molecular complexity index is 1130. The Hall–Kier alpha value is -3.35. The van der Waals surface area contributed by atoms with Crippen LogP contribution >= 0.6 is 0 Å². The normalized spacial score (nSPS) is 19.7. The maximum Gasteiger partial charge on any atom is 0.251 e. The monoisotopic (exact) mass is 418 g/mol. The van der Waals surface area contributed by atoms with Crippen molar-refractivity contribution in [3.63, 3.8) is 0 Å². The highest BCUT2D eigenvalue weighted by Gasteiger charge is 2.35. The zero-order chi connectivity index (χ0) is 21.4. The zero-order valence-corrected chi connectivity index (χ0v) is 17.6. The number of piperidine rings is 1. The van der Waals surface area contributed by atoms with Crippen molar-refractivity contribution >= 4 is 5.91 Å². The Kier molecular flexibility index (Phi) is 5.10. The molecule has 1 aromatic carbocycles. The fraction of sp³-hybridized carbons (Fsp3) is 0.375. The number of carbonyl (C=O) groups excluding carboxylic acids is 1. The second kappa shape index (κ2) is 8.06. The molecule has 1 amide bonds. The van der Waals surface area contributed by atoms with Gasteiger partial charge in [0.15, 0.2) is 0 Å². The van der Waals surface area contributed by atoms with Gasteiger partial charge in [0, 0.05) is 56.6 Å². The molecule has 3 aromatic rings. The number of amides is 1. The largest absolute Gasteiger partial charge is 0.492 e. The number of imidazole rings is 1. The standard InChI is InChI=1S/C24H26N4O3/c1-17(29)27-13-18-10-21(15-27)23-11-20(12-24(30)28(23)14-18)19-2-4-22(5-3-19)31-9-8-26-7-6-25-16-26/h2-7,11-12,16,18,21H,8-10,13-15H2,1H3/t18-,21+/m0/s1. The van der Waals surface area contributed by atoms with E-state index in [0.29, 0.717) is 25.6 Å². The number of benzene rings is 1. The number of hydrogen-bond donors (Lipinski definition) is 0. The molecule has 0 aliphatic carbocycles. The second-order valence-electron chi connectivity index (χ2n) is 8.51. The van der Waals surface area contributed by atoms with Crippen LogP contribution in [0.3, 0.4) is 0 Å². The van der Waals surface area contributed by atoms with Gasteiger partial charge in [0.25, 0.3) is 5.56 Å². The quantitative estimate of drug-likeness (QED) is 0.639. The summed E-state index contributed by atoms with van der Waals surface area (Å²) in [6.45, 7) is 5.07. The Labute approximate surface area is 180 Å². The molecule has 2 aliphatic heterocycles. The van der Waals surface area contributed by atoms with Crippen LogP contribution in [-0.4, -0.2) is 44.6 Å². The summed E-state index contributed by atoms with van der Waals surface area (Å²) in [7, 11) is 0. The topological polar surface area (TPSA) is 69.4 Å². The maximum absolute atomic E-state index is 12.9. The van der Waals surface area contributed by atoms with Gasteiger partial charge in [0.05, 0.1) is 12.9 Å². The molecule has 1 fully saturated rings. The molecule has 1 saturated heterocycles. The Balaban J connectivity index is 1.34. The van der Waals surface area contributed by atoms with Gasteiger partial charge in [-0.05, 0) is 41.7 Å². The lowest BCUT2D eigenvalue weighted by Crippen LogP contribution is -2.48. The summed E-state index contributed by atoms with van der Waals surface area (Å²) in [6.07, 6.45) is 6.47. The van der Waals surface area contributed by atoms with Gasteiger partial charge in [-0.1, -0.05) is 12.1 Å². The number of likely N-dealkylation sites (tertiary alicyclic amines) is 1. The van der Waals surface area contributed by atoms with Crippen LogP contribution in [0, 0.1) is 5.92 Å². The van der Waals surface area contributed by atoms with Gasteiger partial charge in [-0.2, -0.15) is 0 Å². The summed E-state index contributed by atoms with van der Waals surface area (Å²) in [5.74, 6) is 1.49. The Morgan fingerprint density at radius 2 is 1.97 bits per heavy atom. The van der Waals surface area contributed by atoms with E-state index < -0.39 is 0 Å². The molecule has 7 heteroatoms. The van der Waals surface area contributed by atoms with Gasteiger partial charge in [0.1, 0.15) is 12.4 Å². The summed E-state index contributed by atoms with van der Waals surface area (Å²) in [5.41, 5.74) is 2.99. The summed E-state index contributed by atoms with van der Waals surface area (Å²) in [5, 5.41) is 0. The summed E-state index contributed by atoms with van der Waals surface area (Å²) in [4.78, 5) is 30.7. The fourth-order valence-corrected chi connectivity index (χ4v) is 4.81. The number of aromatic nitrogens is 3. The van der Waals surface area contributed by atoms with Crippen LogP contribution in [0.15, 0.2) is 59.9 Å². The van der Waals surface area contributed by atoms with E-state index >= 15 is 0 Å². The smallest absolute Gasteiger partial charge is 0.251 e. The second-order valence-corrected chi connectivity index (χ2v) is 8.51. The molecule has 5 rings (SSSR count). The highest BCUT2D eigenvalue weighted by molar-refractivity contribution is 5.73. The van der Waals surface area contributed by atoms with Crippen molar-refractivity contribution < 1.29 is 9.53 Å². The summed E-state index contributed by atoms with van der Waals surface area (Å²) in [6, 6.07) is 11.7. The van der Waals surface area contributed by atoms with E-state index in [1.54, 1.807) is 25.5 Å². The van der Waals surface area contributed by atoms with Gasteiger partial charge in [-0.15, -0.1) is 0 Å². The first-order valence-corrected chi connectivity index (χ1v) is 10.8. The third kappa shape index (κ3) is 4.00. The molecular formula is C24H26N4O3. The molecule has 2 aliphatic rings. The highest BCUT2D eigenvalue weighted by Crippen LogP contribution is 2.36. The lowest BCUT2D eigenvalue weighted by atomic mass is 9.82. The predicted octanol–water partition coefficient (Wildman–Crippen LogP) is 2.76. The van der Waals surface area contributed by atoms with Crippen LogP contribution in [0.1, 0.15) is 25.0 Å². The molecule has 2 bridgehead atoms. The van der Waals surface area contributed by atoms with E-state index in [1.165, 1.54) is 0 Å². The molecule has 0 N–H and O–H groups in total. The predicted molar refractivity (Wildman–Crippen MR) is 117 cm³/mol. The SMILES string of the molecule is CC(=O)N1C[C@@H]2C[C@H](C1)c1cc(-c3ccc(OCCn4ccnc4)cc3)cc(=O)n1C2. The molecule has 31 heavy (non-hydrogen) atoms. The lowest BCUT2D eigenvalue weighted by molar-refractivity contribution is -0.131. The molecule has 4 heterocycles. The van der Waals surface area contributed by atoms with Crippen LogP contribution in [0.2, 0.25) is 0 Å². The van der Waals surface area contributed by atoms with Crippen LogP contribution < -0.4 is 10.3 Å². The van der Waals surface area contributed by atoms with E-state index in [9.17, 15) is 9.59 Å².